The number of hydrogen-bond donors (Lipinski definition) is 0. The summed E-state index contributed by atoms with van der Waals surface area (Å²) in [6, 6.07) is 4.50. The first-order valence-electron chi connectivity index (χ1n) is 6.49. The van der Waals surface area contributed by atoms with Gasteiger partial charge in [-0.3, -0.25) is 14.9 Å². The molecule has 1 saturated carbocycles. The van der Waals surface area contributed by atoms with Gasteiger partial charge in [0, 0.05) is 37.0 Å². The van der Waals surface area contributed by atoms with Crippen molar-refractivity contribution in [2.24, 2.45) is 5.92 Å². The highest BCUT2D eigenvalue weighted by atomic mass is 16.6. The summed E-state index contributed by atoms with van der Waals surface area (Å²) in [5.41, 5.74) is 1.17. The van der Waals surface area contributed by atoms with Gasteiger partial charge < -0.3 is 4.90 Å². The van der Waals surface area contributed by atoms with Crippen LogP contribution < -0.4 is 4.90 Å². The van der Waals surface area contributed by atoms with E-state index in [1.54, 1.807) is 6.07 Å². The third-order valence-electron chi connectivity index (χ3n) is 3.74. The minimum atomic E-state index is -0.470. The van der Waals surface area contributed by atoms with Crippen molar-refractivity contribution in [2.45, 2.75) is 26.2 Å². The molecule has 0 saturated heterocycles. The van der Waals surface area contributed by atoms with E-state index in [1.807, 2.05) is 11.9 Å². The summed E-state index contributed by atoms with van der Waals surface area (Å²) < 4.78 is 0. The number of ketones is 1. The molecule has 1 aliphatic rings. The molecule has 0 aliphatic heterocycles. The van der Waals surface area contributed by atoms with Gasteiger partial charge in [0.05, 0.1) is 4.92 Å². The Labute approximate surface area is 112 Å². The summed E-state index contributed by atoms with van der Waals surface area (Å²) >= 11 is 0. The summed E-state index contributed by atoms with van der Waals surface area (Å²) in [4.78, 5) is 24.0. The largest absolute Gasteiger partial charge is 0.374 e. The lowest BCUT2D eigenvalue weighted by Gasteiger charge is -2.32. The van der Waals surface area contributed by atoms with Crippen LogP contribution in [0.4, 0.5) is 11.4 Å². The average Bonchev–Trinajstić information content (AvgIpc) is 2.32. The number of benzene rings is 1. The maximum atomic E-state index is 11.7. The maximum Gasteiger partial charge on any atom is 0.270 e. The van der Waals surface area contributed by atoms with E-state index >= 15 is 0 Å². The molecule has 0 spiro atoms. The Morgan fingerprint density at radius 2 is 2.16 bits per heavy atom. The van der Waals surface area contributed by atoms with Gasteiger partial charge in [-0.05, 0) is 31.7 Å². The van der Waals surface area contributed by atoms with Gasteiger partial charge in [0.1, 0.15) is 0 Å². The standard InChI is InChI=1S/C14H18N2O3/c1-10(17)13-8-12(16(18)19)6-7-14(13)15(2)9-11-4-3-5-11/h6-8,11H,3-5,9H2,1-2H3. The van der Waals surface area contributed by atoms with Crippen LogP contribution in [-0.2, 0) is 0 Å². The summed E-state index contributed by atoms with van der Waals surface area (Å²) in [5.74, 6) is 0.541. The molecule has 1 aliphatic carbocycles. The highest BCUT2D eigenvalue weighted by Gasteiger charge is 2.22. The Morgan fingerprint density at radius 1 is 1.47 bits per heavy atom. The number of hydrogen-bond acceptors (Lipinski definition) is 4. The van der Waals surface area contributed by atoms with Gasteiger partial charge in [-0.1, -0.05) is 6.42 Å². The number of carbonyl (C=O) groups excluding carboxylic acids is 1. The molecule has 0 radical (unpaired) electrons. The smallest absolute Gasteiger partial charge is 0.270 e. The maximum absolute atomic E-state index is 11.7. The lowest BCUT2D eigenvalue weighted by Crippen LogP contribution is -2.30. The second-order valence-corrected chi connectivity index (χ2v) is 5.19. The van der Waals surface area contributed by atoms with Crippen LogP contribution >= 0.6 is 0 Å². The number of carbonyl (C=O) groups is 1. The SMILES string of the molecule is CC(=O)c1cc([N+](=O)[O-])ccc1N(C)CC1CCC1. The molecule has 102 valence electrons. The Kier molecular flexibility index (Phi) is 3.83. The molecule has 2 rings (SSSR count). The molecule has 1 aromatic rings. The Morgan fingerprint density at radius 3 is 2.63 bits per heavy atom. The zero-order valence-electron chi connectivity index (χ0n) is 11.3. The molecule has 5 heteroatoms. The van der Waals surface area contributed by atoms with Crippen LogP contribution in [0.1, 0.15) is 36.5 Å². The molecule has 0 bridgehead atoms. The van der Waals surface area contributed by atoms with E-state index in [2.05, 4.69) is 0 Å². The van der Waals surface area contributed by atoms with Crippen molar-refractivity contribution < 1.29 is 9.72 Å². The summed E-state index contributed by atoms with van der Waals surface area (Å²) in [7, 11) is 1.94. The van der Waals surface area contributed by atoms with E-state index in [0.717, 1.165) is 12.2 Å². The zero-order valence-corrected chi connectivity index (χ0v) is 11.3. The van der Waals surface area contributed by atoms with E-state index in [0.29, 0.717) is 11.5 Å². The van der Waals surface area contributed by atoms with Crippen molar-refractivity contribution in [3.05, 3.63) is 33.9 Å². The fraction of sp³-hybridized carbons (Fsp3) is 0.500. The van der Waals surface area contributed by atoms with Crippen LogP contribution in [0.25, 0.3) is 0 Å². The molecule has 19 heavy (non-hydrogen) atoms. The quantitative estimate of drug-likeness (QED) is 0.465. The first-order valence-corrected chi connectivity index (χ1v) is 6.49. The third kappa shape index (κ3) is 2.92. The molecule has 0 atom stereocenters. The fourth-order valence-corrected chi connectivity index (χ4v) is 2.41. The molecule has 0 aromatic heterocycles. The van der Waals surface area contributed by atoms with Crippen LogP contribution in [0.3, 0.4) is 0 Å². The highest BCUT2D eigenvalue weighted by molar-refractivity contribution is 6.00. The minimum absolute atomic E-state index is 0.0361. The number of Topliss-reactive ketones (excluding diaryl/α,β-unsaturated/α-hetero) is 1. The first kappa shape index (κ1) is 13.5. The van der Waals surface area contributed by atoms with Crippen LogP contribution in [-0.4, -0.2) is 24.3 Å². The van der Waals surface area contributed by atoms with Gasteiger partial charge in [-0.2, -0.15) is 0 Å². The monoisotopic (exact) mass is 262 g/mol. The number of rotatable bonds is 5. The Balaban J connectivity index is 2.27. The molecule has 1 fully saturated rings. The van der Waals surface area contributed by atoms with E-state index in [-0.39, 0.29) is 11.5 Å². The minimum Gasteiger partial charge on any atom is -0.374 e. The predicted octanol–water partition coefficient (Wildman–Crippen LogP) is 3.03. The summed E-state index contributed by atoms with van der Waals surface area (Å²) in [6.07, 6.45) is 3.73. The zero-order chi connectivity index (χ0) is 14.0. The number of non-ortho nitro benzene ring substituents is 1. The second kappa shape index (κ2) is 5.38. The number of anilines is 1. The Hall–Kier alpha value is -1.91. The van der Waals surface area contributed by atoms with E-state index in [4.69, 9.17) is 0 Å². The van der Waals surface area contributed by atoms with Gasteiger partial charge >= 0.3 is 0 Å². The van der Waals surface area contributed by atoms with Crippen molar-refractivity contribution >= 4 is 17.2 Å². The summed E-state index contributed by atoms with van der Waals surface area (Å²) in [5, 5.41) is 10.8. The lowest BCUT2D eigenvalue weighted by molar-refractivity contribution is -0.384. The van der Waals surface area contributed by atoms with E-state index in [9.17, 15) is 14.9 Å². The van der Waals surface area contributed by atoms with Crippen LogP contribution in [0.15, 0.2) is 18.2 Å². The van der Waals surface area contributed by atoms with Crippen LogP contribution in [0.2, 0.25) is 0 Å². The number of nitrogens with zero attached hydrogens (tertiary/aromatic N) is 2. The molecule has 0 unspecified atom stereocenters. The van der Waals surface area contributed by atoms with Crippen molar-refractivity contribution in [1.82, 2.24) is 0 Å². The molecule has 0 heterocycles. The average molecular weight is 262 g/mol. The van der Waals surface area contributed by atoms with Crippen LogP contribution in [0.5, 0.6) is 0 Å². The van der Waals surface area contributed by atoms with Gasteiger partial charge in [0.2, 0.25) is 0 Å². The molecule has 1 aromatic carbocycles. The van der Waals surface area contributed by atoms with Gasteiger partial charge in [-0.15, -0.1) is 0 Å². The van der Waals surface area contributed by atoms with Gasteiger partial charge in [-0.25, -0.2) is 0 Å². The Bertz CT molecular complexity index is 509. The molecular weight excluding hydrogens is 244 g/mol. The lowest BCUT2D eigenvalue weighted by atomic mass is 9.85. The van der Waals surface area contributed by atoms with Crippen molar-refractivity contribution in [3.63, 3.8) is 0 Å². The topological polar surface area (TPSA) is 63.4 Å². The van der Waals surface area contributed by atoms with Crippen molar-refractivity contribution in [2.75, 3.05) is 18.5 Å². The number of nitro benzene ring substituents is 1. The third-order valence-corrected chi connectivity index (χ3v) is 3.74. The van der Waals surface area contributed by atoms with E-state index < -0.39 is 4.92 Å². The van der Waals surface area contributed by atoms with Gasteiger partial charge in [0.25, 0.3) is 5.69 Å². The van der Waals surface area contributed by atoms with E-state index in [1.165, 1.54) is 38.3 Å². The molecular formula is C14H18N2O3. The normalized spacial score (nSPS) is 14.8. The number of nitro groups is 1. The predicted molar refractivity (Wildman–Crippen MR) is 73.7 cm³/mol. The first-order chi connectivity index (χ1) is 8.99. The highest BCUT2D eigenvalue weighted by Crippen LogP contribution is 2.31. The molecule has 0 amide bonds. The second-order valence-electron chi connectivity index (χ2n) is 5.19. The van der Waals surface area contributed by atoms with Crippen LogP contribution in [0, 0.1) is 16.0 Å². The fourth-order valence-electron chi connectivity index (χ4n) is 2.41. The molecule has 5 nitrogen and oxygen atoms in total. The molecule has 0 N–H and O–H groups in total. The van der Waals surface area contributed by atoms with Gasteiger partial charge in [0.15, 0.2) is 5.78 Å². The summed E-state index contributed by atoms with van der Waals surface area (Å²) in [6.45, 7) is 2.35. The van der Waals surface area contributed by atoms with Crippen molar-refractivity contribution in [1.29, 1.82) is 0 Å². The van der Waals surface area contributed by atoms with Crippen molar-refractivity contribution in [3.8, 4) is 0 Å².